The van der Waals surface area contributed by atoms with Crippen molar-refractivity contribution in [3.63, 3.8) is 0 Å². The number of benzene rings is 2. The fraction of sp³-hybridized carbons (Fsp3) is 0.333. The molecule has 0 aliphatic heterocycles. The number of carbonyl (C=O) groups is 1. The molecule has 0 amide bonds. The minimum Gasteiger partial charge on any atom is -0.487 e. The lowest BCUT2D eigenvalue weighted by Crippen LogP contribution is -2.27. The molecule has 1 fully saturated rings. The molecule has 1 aliphatic rings. The first-order valence-corrected chi connectivity index (χ1v) is 12.0. The number of halogens is 1. The van der Waals surface area contributed by atoms with Crippen molar-refractivity contribution in [2.24, 2.45) is 13.0 Å². The van der Waals surface area contributed by atoms with E-state index in [2.05, 4.69) is 16.2 Å². The second kappa shape index (κ2) is 9.82. The Balaban J connectivity index is 1.58. The van der Waals surface area contributed by atoms with Gasteiger partial charge in [0.15, 0.2) is 5.82 Å². The minimum absolute atomic E-state index is 0.187. The molecule has 5 rings (SSSR count). The summed E-state index contributed by atoms with van der Waals surface area (Å²) in [4.78, 5) is 16.7. The molecule has 1 N–H and O–H groups in total. The van der Waals surface area contributed by atoms with Crippen molar-refractivity contribution in [3.8, 4) is 11.8 Å². The Morgan fingerprint density at radius 2 is 2.00 bits per heavy atom. The lowest BCUT2D eigenvalue weighted by atomic mass is 9.78. The van der Waals surface area contributed by atoms with Crippen LogP contribution in [0.25, 0.3) is 11.0 Å². The zero-order chi connectivity index (χ0) is 25.2. The first-order chi connectivity index (χ1) is 17.4. The number of fused-ring (bicyclic) bond motifs is 1. The summed E-state index contributed by atoms with van der Waals surface area (Å²) in [5.74, 6) is -1.35. The molecule has 0 radical (unpaired) electrons. The molecule has 2 aromatic heterocycles. The number of hydrogen-bond donors (Lipinski definition) is 1. The van der Waals surface area contributed by atoms with Gasteiger partial charge < -0.3 is 14.4 Å². The number of ether oxygens (including phenoxy) is 1. The lowest BCUT2D eigenvalue weighted by Gasteiger charge is -2.28. The third-order valence-corrected chi connectivity index (χ3v) is 6.80. The monoisotopic (exact) mass is 487 g/mol. The molecule has 1 saturated carbocycles. The molecule has 0 unspecified atom stereocenters. The van der Waals surface area contributed by atoms with Crippen LogP contribution < -0.4 is 4.74 Å². The molecule has 0 bridgehead atoms. The molecule has 2 aromatic carbocycles. The van der Waals surface area contributed by atoms with E-state index in [1.165, 1.54) is 6.07 Å². The third-order valence-electron chi connectivity index (χ3n) is 6.80. The molecular formula is C27H26FN5O3. The smallest absolute Gasteiger partial charge is 0.307 e. The van der Waals surface area contributed by atoms with Gasteiger partial charge in [0.1, 0.15) is 23.7 Å². The highest BCUT2D eigenvalue weighted by Gasteiger charge is 2.35. The number of carboxylic acid groups (broad SMARTS) is 1. The SMILES string of the molecule is Cn1ccc(COc2cc(F)c3nc([C@@H]4CCCC[C@@H]4C(=O)O)n(Cc4ccc(C#N)cc4)c3c2)n1. The van der Waals surface area contributed by atoms with Crippen LogP contribution in [0.15, 0.2) is 48.7 Å². The number of nitrogens with zero attached hydrogens (tertiary/aromatic N) is 5. The Hall–Kier alpha value is -4.19. The van der Waals surface area contributed by atoms with Gasteiger partial charge in [-0.1, -0.05) is 25.0 Å². The molecule has 184 valence electrons. The van der Waals surface area contributed by atoms with Gasteiger partial charge in [0.2, 0.25) is 0 Å². The summed E-state index contributed by atoms with van der Waals surface area (Å²) in [6, 6.07) is 14.2. The number of hydrogen-bond acceptors (Lipinski definition) is 5. The van der Waals surface area contributed by atoms with Gasteiger partial charge in [-0.05, 0) is 36.6 Å². The molecule has 0 saturated heterocycles. The molecular weight excluding hydrogens is 461 g/mol. The highest BCUT2D eigenvalue weighted by molar-refractivity contribution is 5.79. The van der Waals surface area contributed by atoms with Crippen LogP contribution in [0.3, 0.4) is 0 Å². The van der Waals surface area contributed by atoms with Gasteiger partial charge in [0.05, 0.1) is 28.8 Å². The number of nitriles is 1. The van der Waals surface area contributed by atoms with Crippen LogP contribution in [-0.4, -0.2) is 30.4 Å². The second-order valence-corrected chi connectivity index (χ2v) is 9.24. The van der Waals surface area contributed by atoms with Crippen LogP contribution in [0.2, 0.25) is 0 Å². The van der Waals surface area contributed by atoms with Crippen LogP contribution in [0.5, 0.6) is 5.75 Å². The van der Waals surface area contributed by atoms with E-state index >= 15 is 4.39 Å². The van der Waals surface area contributed by atoms with E-state index in [-0.39, 0.29) is 18.0 Å². The molecule has 1 aliphatic carbocycles. The molecule has 2 heterocycles. The Kier molecular flexibility index (Phi) is 6.42. The minimum atomic E-state index is -0.850. The molecule has 9 heteroatoms. The average molecular weight is 488 g/mol. The fourth-order valence-electron chi connectivity index (χ4n) is 5.01. The largest absolute Gasteiger partial charge is 0.487 e. The highest BCUT2D eigenvalue weighted by Crippen LogP contribution is 2.40. The van der Waals surface area contributed by atoms with Crippen LogP contribution in [0.1, 0.15) is 54.2 Å². The second-order valence-electron chi connectivity index (χ2n) is 9.24. The summed E-state index contributed by atoms with van der Waals surface area (Å²) in [5, 5.41) is 23.3. The van der Waals surface area contributed by atoms with Crippen molar-refractivity contribution in [3.05, 3.63) is 77.1 Å². The molecule has 4 aromatic rings. The van der Waals surface area contributed by atoms with Crippen molar-refractivity contribution >= 4 is 17.0 Å². The maximum atomic E-state index is 15.3. The van der Waals surface area contributed by atoms with Crippen molar-refractivity contribution in [2.75, 3.05) is 0 Å². The topological polar surface area (TPSA) is 106 Å². The summed E-state index contributed by atoms with van der Waals surface area (Å²) in [7, 11) is 1.81. The van der Waals surface area contributed by atoms with Crippen molar-refractivity contribution in [1.29, 1.82) is 5.26 Å². The number of aryl methyl sites for hydroxylation is 1. The summed E-state index contributed by atoms with van der Waals surface area (Å²) < 4.78 is 24.7. The predicted octanol–water partition coefficient (Wildman–Crippen LogP) is 4.77. The summed E-state index contributed by atoms with van der Waals surface area (Å²) in [6.07, 6.45) is 4.81. The van der Waals surface area contributed by atoms with Gasteiger partial charge in [0.25, 0.3) is 0 Å². The van der Waals surface area contributed by atoms with E-state index in [1.54, 1.807) is 22.9 Å². The van der Waals surface area contributed by atoms with Crippen molar-refractivity contribution in [2.45, 2.75) is 44.8 Å². The number of carboxylic acids is 1. The zero-order valence-electron chi connectivity index (χ0n) is 19.9. The summed E-state index contributed by atoms with van der Waals surface area (Å²) in [5.41, 5.74) is 2.90. The third kappa shape index (κ3) is 4.67. The van der Waals surface area contributed by atoms with E-state index in [9.17, 15) is 9.90 Å². The van der Waals surface area contributed by atoms with Crippen LogP contribution in [0, 0.1) is 23.1 Å². The van der Waals surface area contributed by atoms with Crippen LogP contribution >= 0.6 is 0 Å². The normalized spacial score (nSPS) is 17.7. The maximum absolute atomic E-state index is 15.3. The standard InChI is InChI=1S/C27H26FN5O3/c1-32-11-10-19(31-32)16-36-20-12-23(28)25-24(13-20)33(15-18-8-6-17(14-29)7-9-18)26(30-25)21-4-2-3-5-22(21)27(34)35/h6-13,21-22H,2-5,15-16H2,1H3,(H,34,35)/t21-,22+/m1/s1. The fourth-order valence-corrected chi connectivity index (χ4v) is 5.01. The number of aliphatic carboxylic acids is 1. The van der Waals surface area contributed by atoms with Gasteiger partial charge in [-0.25, -0.2) is 9.37 Å². The maximum Gasteiger partial charge on any atom is 0.307 e. The Morgan fingerprint density at radius 1 is 1.22 bits per heavy atom. The first-order valence-electron chi connectivity index (χ1n) is 12.0. The van der Waals surface area contributed by atoms with Gasteiger partial charge in [0, 0.05) is 37.8 Å². The van der Waals surface area contributed by atoms with Gasteiger partial charge in [-0.3, -0.25) is 9.48 Å². The summed E-state index contributed by atoms with van der Waals surface area (Å²) in [6.45, 7) is 0.551. The lowest BCUT2D eigenvalue weighted by molar-refractivity contribution is -0.143. The molecule has 0 spiro atoms. The van der Waals surface area contributed by atoms with E-state index in [0.717, 1.165) is 24.1 Å². The first kappa shape index (κ1) is 23.5. The Labute approximate surface area is 207 Å². The zero-order valence-corrected chi connectivity index (χ0v) is 19.9. The van der Waals surface area contributed by atoms with Crippen LogP contribution in [0.4, 0.5) is 4.39 Å². The van der Waals surface area contributed by atoms with Crippen LogP contribution in [-0.2, 0) is 25.0 Å². The molecule has 2 atom stereocenters. The quantitative estimate of drug-likeness (QED) is 0.403. The molecule has 8 nitrogen and oxygen atoms in total. The van der Waals surface area contributed by atoms with Gasteiger partial charge in [-0.2, -0.15) is 10.4 Å². The number of rotatable bonds is 7. The number of aromatic nitrogens is 4. The van der Waals surface area contributed by atoms with E-state index < -0.39 is 17.7 Å². The molecule has 36 heavy (non-hydrogen) atoms. The van der Waals surface area contributed by atoms with Crippen molar-refractivity contribution in [1.82, 2.24) is 19.3 Å². The Bertz CT molecular complexity index is 1450. The predicted molar refractivity (Wildman–Crippen MR) is 130 cm³/mol. The van der Waals surface area contributed by atoms with Crippen molar-refractivity contribution < 1.29 is 19.0 Å². The summed E-state index contributed by atoms with van der Waals surface area (Å²) >= 11 is 0. The highest BCUT2D eigenvalue weighted by atomic mass is 19.1. The van der Waals surface area contributed by atoms with E-state index in [1.807, 2.05) is 36.0 Å². The average Bonchev–Trinajstić information content (AvgIpc) is 3.47. The van der Waals surface area contributed by atoms with E-state index in [4.69, 9.17) is 10.00 Å². The Morgan fingerprint density at radius 3 is 2.69 bits per heavy atom. The van der Waals surface area contributed by atoms with Gasteiger partial charge >= 0.3 is 5.97 Å². The van der Waals surface area contributed by atoms with E-state index in [0.29, 0.717) is 42.0 Å². The number of imidazole rings is 1. The van der Waals surface area contributed by atoms with Gasteiger partial charge in [-0.15, -0.1) is 0 Å².